The quantitative estimate of drug-likeness (QED) is 0.496. The van der Waals surface area contributed by atoms with Crippen molar-refractivity contribution < 1.29 is 9.18 Å². The van der Waals surface area contributed by atoms with Crippen molar-refractivity contribution in [2.75, 3.05) is 36.4 Å². The number of nitrogens with one attached hydrogen (secondary N) is 1. The van der Waals surface area contributed by atoms with E-state index in [0.717, 1.165) is 33.8 Å². The van der Waals surface area contributed by atoms with Gasteiger partial charge in [-0.1, -0.05) is 17.7 Å². The summed E-state index contributed by atoms with van der Waals surface area (Å²) in [4.78, 5) is 16.5. The summed E-state index contributed by atoms with van der Waals surface area (Å²) in [5.74, 6) is 0.394. The fourth-order valence-corrected chi connectivity index (χ4v) is 4.32. The molecule has 0 radical (unpaired) electrons. The van der Waals surface area contributed by atoms with Crippen LogP contribution in [0, 0.1) is 26.6 Å². The number of aromatic nitrogens is 4. The van der Waals surface area contributed by atoms with Crippen LogP contribution in [0.3, 0.4) is 0 Å². The first-order valence-electron chi connectivity index (χ1n) is 11.3. The Hall–Kier alpha value is -4.01. The van der Waals surface area contributed by atoms with Gasteiger partial charge in [-0.05, 0) is 57.2 Å². The molecule has 0 atom stereocenters. The van der Waals surface area contributed by atoms with E-state index in [1.165, 1.54) is 17.7 Å². The second-order valence-corrected chi connectivity index (χ2v) is 8.58. The minimum absolute atomic E-state index is 0.203. The highest BCUT2D eigenvalue weighted by Gasteiger charge is 2.26. The maximum absolute atomic E-state index is 13.1. The highest BCUT2D eigenvalue weighted by molar-refractivity contribution is 5.93. The monoisotopic (exact) mass is 459 g/mol. The van der Waals surface area contributed by atoms with Crippen molar-refractivity contribution in [1.29, 1.82) is 0 Å². The van der Waals surface area contributed by atoms with E-state index in [0.29, 0.717) is 31.9 Å². The second kappa shape index (κ2) is 8.74. The molecule has 2 amide bonds. The zero-order chi connectivity index (χ0) is 23.8. The number of anilines is 2. The van der Waals surface area contributed by atoms with Crippen molar-refractivity contribution in [3.63, 3.8) is 0 Å². The van der Waals surface area contributed by atoms with Gasteiger partial charge in [0, 0.05) is 31.9 Å². The lowest BCUT2D eigenvalue weighted by molar-refractivity contribution is 0.208. The zero-order valence-corrected chi connectivity index (χ0v) is 19.4. The molecule has 3 heterocycles. The summed E-state index contributed by atoms with van der Waals surface area (Å²) < 4.78 is 15.1. The molecule has 0 bridgehead atoms. The van der Waals surface area contributed by atoms with Gasteiger partial charge in [0.05, 0.1) is 22.5 Å². The van der Waals surface area contributed by atoms with E-state index in [1.807, 2.05) is 18.5 Å². The summed E-state index contributed by atoms with van der Waals surface area (Å²) in [5, 5.41) is 17.6. The molecule has 34 heavy (non-hydrogen) atoms. The molecule has 0 spiro atoms. The van der Waals surface area contributed by atoms with E-state index in [1.54, 1.807) is 17.0 Å². The molecule has 1 aliphatic rings. The number of hydrogen-bond acceptors (Lipinski definition) is 5. The van der Waals surface area contributed by atoms with Gasteiger partial charge in [0.2, 0.25) is 0 Å². The van der Waals surface area contributed by atoms with Gasteiger partial charge in [0.15, 0.2) is 5.82 Å². The predicted molar refractivity (Wildman–Crippen MR) is 130 cm³/mol. The normalized spacial score (nSPS) is 14.0. The molecule has 1 aliphatic heterocycles. The van der Waals surface area contributed by atoms with Crippen LogP contribution in [0.1, 0.15) is 17.0 Å². The summed E-state index contributed by atoms with van der Waals surface area (Å²) in [6, 6.07) is 13.8. The lowest BCUT2D eigenvalue weighted by atomic mass is 10.2. The third-order valence-electron chi connectivity index (χ3n) is 6.23. The van der Waals surface area contributed by atoms with E-state index < -0.39 is 0 Å². The van der Waals surface area contributed by atoms with Gasteiger partial charge in [-0.25, -0.2) is 13.9 Å². The molecule has 0 saturated carbocycles. The van der Waals surface area contributed by atoms with Crippen molar-refractivity contribution in [2.24, 2.45) is 0 Å². The van der Waals surface area contributed by atoms with Crippen LogP contribution in [0.25, 0.3) is 16.6 Å². The molecular weight excluding hydrogens is 433 g/mol. The number of carbonyl (C=O) groups is 1. The van der Waals surface area contributed by atoms with Crippen molar-refractivity contribution in [2.45, 2.75) is 20.8 Å². The Bertz CT molecular complexity index is 1340. The fourth-order valence-electron chi connectivity index (χ4n) is 4.32. The number of amides is 2. The minimum atomic E-state index is -0.336. The van der Waals surface area contributed by atoms with Crippen LogP contribution in [0.15, 0.2) is 48.5 Å². The standard InChI is InChI=1S/C25H26FN7O/c1-16-4-10-21(11-5-16)33-18(3)22-17(2)28-29-24(23(22)30-33)31-12-14-32(15-13-31)25(34)27-20-8-6-19(26)7-9-20/h4-11H,12-15H2,1-3H3,(H,27,34). The topological polar surface area (TPSA) is 79.2 Å². The van der Waals surface area contributed by atoms with Crippen molar-refractivity contribution in [3.05, 3.63) is 71.3 Å². The van der Waals surface area contributed by atoms with Crippen LogP contribution >= 0.6 is 0 Å². The van der Waals surface area contributed by atoms with Crippen LogP contribution in [0.4, 0.5) is 20.7 Å². The van der Waals surface area contributed by atoms with Gasteiger partial charge in [-0.15, -0.1) is 5.10 Å². The number of urea groups is 1. The third kappa shape index (κ3) is 4.05. The largest absolute Gasteiger partial charge is 0.350 e. The van der Waals surface area contributed by atoms with Crippen molar-refractivity contribution >= 4 is 28.4 Å². The average Bonchev–Trinajstić information content (AvgIpc) is 3.19. The number of rotatable bonds is 3. The number of aryl methyl sites for hydroxylation is 3. The molecule has 5 rings (SSSR count). The summed E-state index contributed by atoms with van der Waals surface area (Å²) in [6.45, 7) is 8.34. The number of hydrogen-bond donors (Lipinski definition) is 1. The molecule has 4 aromatic rings. The molecule has 1 N–H and O–H groups in total. The highest BCUT2D eigenvalue weighted by Crippen LogP contribution is 2.30. The molecule has 1 saturated heterocycles. The Kier molecular flexibility index (Phi) is 5.61. The summed E-state index contributed by atoms with van der Waals surface area (Å²) in [7, 11) is 0. The average molecular weight is 460 g/mol. The van der Waals surface area contributed by atoms with E-state index in [4.69, 9.17) is 5.10 Å². The van der Waals surface area contributed by atoms with Gasteiger partial charge in [-0.3, -0.25) is 0 Å². The van der Waals surface area contributed by atoms with Crippen LogP contribution in [-0.4, -0.2) is 57.1 Å². The highest BCUT2D eigenvalue weighted by atomic mass is 19.1. The molecule has 174 valence electrons. The second-order valence-electron chi connectivity index (χ2n) is 8.58. The lowest BCUT2D eigenvalue weighted by Crippen LogP contribution is -2.50. The zero-order valence-electron chi connectivity index (χ0n) is 19.4. The lowest BCUT2D eigenvalue weighted by Gasteiger charge is -2.35. The van der Waals surface area contributed by atoms with Gasteiger partial charge >= 0.3 is 6.03 Å². The van der Waals surface area contributed by atoms with Crippen molar-refractivity contribution in [3.8, 4) is 5.69 Å². The number of halogens is 1. The Morgan fingerprint density at radius 2 is 1.59 bits per heavy atom. The fraction of sp³-hybridized carbons (Fsp3) is 0.280. The van der Waals surface area contributed by atoms with Gasteiger partial charge in [0.1, 0.15) is 11.3 Å². The molecular formula is C25H26FN7O. The van der Waals surface area contributed by atoms with E-state index in [2.05, 4.69) is 51.6 Å². The smallest absolute Gasteiger partial charge is 0.321 e. The van der Waals surface area contributed by atoms with Crippen LogP contribution in [0.5, 0.6) is 0 Å². The molecule has 2 aromatic carbocycles. The number of piperazine rings is 1. The maximum Gasteiger partial charge on any atom is 0.321 e. The maximum atomic E-state index is 13.1. The number of benzene rings is 2. The first-order chi connectivity index (χ1) is 16.4. The SMILES string of the molecule is Cc1ccc(-n2nc3c(N4CCN(C(=O)Nc5ccc(F)cc5)CC4)nnc(C)c3c2C)cc1. The van der Waals surface area contributed by atoms with Crippen molar-refractivity contribution in [1.82, 2.24) is 24.9 Å². The van der Waals surface area contributed by atoms with Crippen LogP contribution in [0.2, 0.25) is 0 Å². The van der Waals surface area contributed by atoms with E-state index in [9.17, 15) is 9.18 Å². The van der Waals surface area contributed by atoms with E-state index >= 15 is 0 Å². The molecule has 9 heteroatoms. The Labute approximate surface area is 197 Å². The first-order valence-corrected chi connectivity index (χ1v) is 11.3. The first kappa shape index (κ1) is 21.8. The molecule has 2 aromatic heterocycles. The Morgan fingerprint density at radius 1 is 0.912 bits per heavy atom. The van der Waals surface area contributed by atoms with Gasteiger partial charge in [0.25, 0.3) is 0 Å². The number of nitrogens with zero attached hydrogens (tertiary/aromatic N) is 6. The molecule has 1 fully saturated rings. The van der Waals surface area contributed by atoms with Gasteiger partial charge < -0.3 is 15.1 Å². The Morgan fingerprint density at radius 3 is 2.26 bits per heavy atom. The molecule has 8 nitrogen and oxygen atoms in total. The van der Waals surface area contributed by atoms with Gasteiger partial charge in [-0.2, -0.15) is 10.2 Å². The Balaban J connectivity index is 1.36. The number of fused-ring (bicyclic) bond motifs is 1. The number of carbonyl (C=O) groups excluding carboxylic acids is 1. The minimum Gasteiger partial charge on any atom is -0.350 e. The molecule has 0 unspecified atom stereocenters. The van der Waals surface area contributed by atoms with E-state index in [-0.39, 0.29) is 11.8 Å². The summed E-state index contributed by atoms with van der Waals surface area (Å²) in [6.07, 6.45) is 0. The third-order valence-corrected chi connectivity index (χ3v) is 6.23. The molecule has 0 aliphatic carbocycles. The predicted octanol–water partition coefficient (Wildman–Crippen LogP) is 4.23. The van der Waals surface area contributed by atoms with Crippen LogP contribution < -0.4 is 10.2 Å². The van der Waals surface area contributed by atoms with Crippen LogP contribution in [-0.2, 0) is 0 Å². The summed E-state index contributed by atoms with van der Waals surface area (Å²) >= 11 is 0. The summed E-state index contributed by atoms with van der Waals surface area (Å²) in [5.41, 5.74) is 5.43.